The number of fused-ring (bicyclic) bond motifs is 1. The molecule has 0 aliphatic carbocycles. The van der Waals surface area contributed by atoms with Crippen molar-refractivity contribution >= 4 is 22.7 Å². The molecule has 0 saturated heterocycles. The van der Waals surface area contributed by atoms with E-state index in [1.807, 2.05) is 42.5 Å². The Kier molecular flexibility index (Phi) is 2.90. The van der Waals surface area contributed by atoms with Gasteiger partial charge in [0.1, 0.15) is 11.8 Å². The highest BCUT2D eigenvalue weighted by molar-refractivity contribution is 7.99. The second-order valence-electron chi connectivity index (χ2n) is 3.84. The Balaban J connectivity index is 2.08. The van der Waals surface area contributed by atoms with Crippen LogP contribution in [0, 0.1) is 0 Å². The zero-order valence-electron chi connectivity index (χ0n) is 9.50. The van der Waals surface area contributed by atoms with Crippen LogP contribution in [0.1, 0.15) is 0 Å². The molecule has 0 fully saturated rings. The fraction of sp³-hybridized carbons (Fsp3) is 0. The van der Waals surface area contributed by atoms with E-state index in [0.29, 0.717) is 15.9 Å². The van der Waals surface area contributed by atoms with E-state index in [9.17, 15) is 4.79 Å². The van der Waals surface area contributed by atoms with E-state index in [0.717, 1.165) is 4.90 Å². The van der Waals surface area contributed by atoms with Gasteiger partial charge < -0.3 is 4.42 Å². The summed E-state index contributed by atoms with van der Waals surface area (Å²) in [4.78, 5) is 13.9. The van der Waals surface area contributed by atoms with Gasteiger partial charge in [-0.25, -0.2) is 0 Å². The summed E-state index contributed by atoms with van der Waals surface area (Å²) in [6.07, 6.45) is 1.53. The topological polar surface area (TPSA) is 30.2 Å². The zero-order valence-corrected chi connectivity index (χ0v) is 10.3. The summed E-state index contributed by atoms with van der Waals surface area (Å²) in [6.45, 7) is 0. The number of benzene rings is 2. The molecule has 1 aromatic heterocycles. The fourth-order valence-corrected chi connectivity index (χ4v) is 2.59. The normalized spacial score (nSPS) is 10.7. The van der Waals surface area contributed by atoms with E-state index in [2.05, 4.69) is 0 Å². The monoisotopic (exact) mass is 254 g/mol. The average Bonchev–Trinajstić information content (AvgIpc) is 2.43. The molecule has 2 nitrogen and oxygen atoms in total. The summed E-state index contributed by atoms with van der Waals surface area (Å²) < 4.78 is 5.47. The maximum Gasteiger partial charge on any atom is 0.206 e. The fourth-order valence-electron chi connectivity index (χ4n) is 1.75. The lowest BCUT2D eigenvalue weighted by Crippen LogP contribution is -2.03. The van der Waals surface area contributed by atoms with Gasteiger partial charge in [-0.15, -0.1) is 0 Å². The zero-order chi connectivity index (χ0) is 12.4. The van der Waals surface area contributed by atoms with Gasteiger partial charge in [0.25, 0.3) is 0 Å². The van der Waals surface area contributed by atoms with E-state index in [-0.39, 0.29) is 5.43 Å². The summed E-state index contributed by atoms with van der Waals surface area (Å²) in [5, 5.41) is 0.624. The van der Waals surface area contributed by atoms with Gasteiger partial charge in [-0.2, -0.15) is 0 Å². The molecular weight excluding hydrogens is 244 g/mol. The Bertz CT molecular complexity index is 732. The van der Waals surface area contributed by atoms with E-state index < -0.39 is 0 Å². The summed E-state index contributed by atoms with van der Waals surface area (Å²) in [5.74, 6) is 0. The van der Waals surface area contributed by atoms with Gasteiger partial charge in [-0.3, -0.25) is 4.79 Å². The smallest absolute Gasteiger partial charge is 0.206 e. The Hall–Kier alpha value is -2.00. The highest BCUT2D eigenvalue weighted by atomic mass is 32.2. The molecule has 0 bridgehead atoms. The third kappa shape index (κ3) is 2.05. The lowest BCUT2D eigenvalue weighted by molar-refractivity contribution is 0.587. The standard InChI is InChI=1S/C15H10O2S/c16-15-12-8-4-5-9-13(12)17-10-14(15)18-11-6-2-1-3-7-11/h1-10H. The highest BCUT2D eigenvalue weighted by Gasteiger charge is 2.07. The van der Waals surface area contributed by atoms with Crippen LogP contribution in [0.2, 0.25) is 0 Å². The first-order valence-electron chi connectivity index (χ1n) is 5.58. The molecule has 1 heterocycles. The minimum absolute atomic E-state index is 0.0192. The second kappa shape index (κ2) is 4.70. The number of para-hydroxylation sites is 1. The molecule has 0 saturated carbocycles. The van der Waals surface area contributed by atoms with Gasteiger partial charge in [0.15, 0.2) is 0 Å². The molecule has 88 valence electrons. The van der Waals surface area contributed by atoms with Crippen molar-refractivity contribution in [1.82, 2.24) is 0 Å². The first-order chi connectivity index (χ1) is 8.84. The van der Waals surface area contributed by atoms with Gasteiger partial charge >= 0.3 is 0 Å². The third-order valence-electron chi connectivity index (χ3n) is 2.62. The molecular formula is C15H10O2S. The summed E-state index contributed by atoms with van der Waals surface area (Å²) in [6, 6.07) is 17.1. The maximum atomic E-state index is 12.3. The maximum absolute atomic E-state index is 12.3. The van der Waals surface area contributed by atoms with Crippen LogP contribution in [0.25, 0.3) is 11.0 Å². The van der Waals surface area contributed by atoms with E-state index in [4.69, 9.17) is 4.42 Å². The van der Waals surface area contributed by atoms with Gasteiger partial charge in [0, 0.05) is 4.90 Å². The van der Waals surface area contributed by atoms with E-state index in [1.165, 1.54) is 18.0 Å². The van der Waals surface area contributed by atoms with Crippen molar-refractivity contribution in [2.75, 3.05) is 0 Å². The van der Waals surface area contributed by atoms with Crippen LogP contribution >= 0.6 is 11.8 Å². The Morgan fingerprint density at radius 3 is 2.44 bits per heavy atom. The summed E-state index contributed by atoms with van der Waals surface area (Å²) in [5.41, 5.74) is 0.644. The first-order valence-corrected chi connectivity index (χ1v) is 6.40. The minimum atomic E-state index is 0.0192. The molecule has 3 aromatic rings. The molecule has 0 atom stereocenters. The summed E-state index contributed by atoms with van der Waals surface area (Å²) in [7, 11) is 0. The van der Waals surface area contributed by atoms with Gasteiger partial charge in [-0.05, 0) is 24.3 Å². The van der Waals surface area contributed by atoms with Crippen LogP contribution in [0.5, 0.6) is 0 Å². The summed E-state index contributed by atoms with van der Waals surface area (Å²) >= 11 is 1.42. The Labute approximate surface area is 108 Å². The first kappa shape index (κ1) is 11.1. The van der Waals surface area contributed by atoms with Crippen molar-refractivity contribution in [1.29, 1.82) is 0 Å². The van der Waals surface area contributed by atoms with Crippen molar-refractivity contribution in [3.05, 3.63) is 71.1 Å². The third-order valence-corrected chi connectivity index (χ3v) is 3.63. The van der Waals surface area contributed by atoms with Crippen molar-refractivity contribution in [2.45, 2.75) is 9.79 Å². The lowest BCUT2D eigenvalue weighted by atomic mass is 10.2. The number of rotatable bonds is 2. The predicted octanol–water partition coefficient (Wildman–Crippen LogP) is 3.94. The molecule has 0 unspecified atom stereocenters. The minimum Gasteiger partial charge on any atom is -0.463 e. The van der Waals surface area contributed by atoms with E-state index in [1.54, 1.807) is 12.1 Å². The van der Waals surface area contributed by atoms with Crippen LogP contribution in [0.4, 0.5) is 0 Å². The molecule has 0 N–H and O–H groups in total. The van der Waals surface area contributed by atoms with Crippen molar-refractivity contribution in [3.8, 4) is 0 Å². The van der Waals surface area contributed by atoms with E-state index >= 15 is 0 Å². The Morgan fingerprint density at radius 1 is 0.889 bits per heavy atom. The van der Waals surface area contributed by atoms with Gasteiger partial charge in [0.2, 0.25) is 5.43 Å². The molecule has 0 amide bonds. The SMILES string of the molecule is O=c1c(Sc2ccccc2)coc2ccccc12. The number of hydrogen-bond acceptors (Lipinski definition) is 3. The van der Waals surface area contributed by atoms with Crippen molar-refractivity contribution < 1.29 is 4.42 Å². The van der Waals surface area contributed by atoms with Crippen LogP contribution in [-0.2, 0) is 0 Å². The molecule has 3 heteroatoms. The van der Waals surface area contributed by atoms with Crippen LogP contribution in [-0.4, -0.2) is 0 Å². The number of hydrogen-bond donors (Lipinski definition) is 0. The van der Waals surface area contributed by atoms with Gasteiger partial charge in [-0.1, -0.05) is 42.1 Å². The molecule has 0 spiro atoms. The molecule has 3 rings (SSSR count). The van der Waals surface area contributed by atoms with Crippen molar-refractivity contribution in [3.63, 3.8) is 0 Å². The molecule has 0 aliphatic rings. The quantitative estimate of drug-likeness (QED) is 0.693. The van der Waals surface area contributed by atoms with Crippen LogP contribution < -0.4 is 5.43 Å². The molecule has 0 radical (unpaired) electrons. The lowest BCUT2D eigenvalue weighted by Gasteiger charge is -2.01. The predicted molar refractivity (Wildman–Crippen MR) is 73.0 cm³/mol. The largest absolute Gasteiger partial charge is 0.463 e. The average molecular weight is 254 g/mol. The molecule has 18 heavy (non-hydrogen) atoms. The molecule has 0 aliphatic heterocycles. The van der Waals surface area contributed by atoms with Crippen LogP contribution in [0.3, 0.4) is 0 Å². The molecule has 2 aromatic carbocycles. The highest BCUT2D eigenvalue weighted by Crippen LogP contribution is 2.26. The Morgan fingerprint density at radius 2 is 1.61 bits per heavy atom. The second-order valence-corrected chi connectivity index (χ2v) is 4.96. The van der Waals surface area contributed by atoms with Crippen LogP contribution in [0.15, 0.2) is 79.9 Å². The van der Waals surface area contributed by atoms with Crippen molar-refractivity contribution in [2.24, 2.45) is 0 Å². The van der Waals surface area contributed by atoms with Gasteiger partial charge in [0.05, 0.1) is 10.3 Å².